The molecule has 0 saturated heterocycles. The van der Waals surface area contributed by atoms with E-state index in [2.05, 4.69) is 34.4 Å². The molecule has 1 amide bonds. The molecule has 1 aromatic carbocycles. The Morgan fingerprint density at radius 2 is 2.14 bits per heavy atom. The molecule has 0 bridgehead atoms. The van der Waals surface area contributed by atoms with Crippen LogP contribution in [0.15, 0.2) is 35.8 Å². The van der Waals surface area contributed by atoms with E-state index in [1.165, 1.54) is 11.3 Å². The van der Waals surface area contributed by atoms with E-state index in [9.17, 15) is 4.79 Å². The summed E-state index contributed by atoms with van der Waals surface area (Å²) in [6.45, 7) is 7.78. The molecule has 2 rings (SSSR count). The van der Waals surface area contributed by atoms with E-state index in [1.807, 2.05) is 29.6 Å². The SMILES string of the molecule is CCN(CC)CCNC(=O)c1cccc(Nc2nccs2)c1. The summed E-state index contributed by atoms with van der Waals surface area (Å²) in [5.74, 6) is -0.0463. The first-order chi connectivity index (χ1) is 10.7. The molecule has 0 saturated carbocycles. The van der Waals surface area contributed by atoms with E-state index in [4.69, 9.17) is 0 Å². The van der Waals surface area contributed by atoms with Gasteiger partial charge < -0.3 is 15.5 Å². The Balaban J connectivity index is 1.90. The second-order valence-corrected chi connectivity index (χ2v) is 5.72. The van der Waals surface area contributed by atoms with Crippen LogP contribution in [0, 0.1) is 0 Å². The lowest BCUT2D eigenvalue weighted by molar-refractivity contribution is 0.0949. The Morgan fingerprint density at radius 1 is 1.32 bits per heavy atom. The summed E-state index contributed by atoms with van der Waals surface area (Å²) < 4.78 is 0. The van der Waals surface area contributed by atoms with Crippen LogP contribution in [-0.4, -0.2) is 42.0 Å². The monoisotopic (exact) mass is 318 g/mol. The molecule has 22 heavy (non-hydrogen) atoms. The van der Waals surface area contributed by atoms with Gasteiger partial charge in [0.2, 0.25) is 0 Å². The van der Waals surface area contributed by atoms with Crippen molar-refractivity contribution in [2.75, 3.05) is 31.5 Å². The number of carbonyl (C=O) groups is 1. The number of amides is 1. The summed E-state index contributed by atoms with van der Waals surface area (Å²) in [7, 11) is 0. The summed E-state index contributed by atoms with van der Waals surface area (Å²) in [4.78, 5) is 18.6. The highest BCUT2D eigenvalue weighted by atomic mass is 32.1. The summed E-state index contributed by atoms with van der Waals surface area (Å²) in [6, 6.07) is 7.46. The van der Waals surface area contributed by atoms with Crippen molar-refractivity contribution in [3.8, 4) is 0 Å². The van der Waals surface area contributed by atoms with Crippen molar-refractivity contribution in [1.29, 1.82) is 0 Å². The van der Waals surface area contributed by atoms with Gasteiger partial charge in [-0.3, -0.25) is 4.79 Å². The number of rotatable bonds is 8. The van der Waals surface area contributed by atoms with Gasteiger partial charge in [0.05, 0.1) is 0 Å². The highest BCUT2D eigenvalue weighted by Crippen LogP contribution is 2.19. The third-order valence-corrected chi connectivity index (χ3v) is 4.10. The standard InChI is InChI=1S/C16H22N4OS/c1-3-20(4-2)10-8-17-15(21)13-6-5-7-14(12-13)19-16-18-9-11-22-16/h5-7,9,11-12H,3-4,8,10H2,1-2H3,(H,17,21)(H,18,19). The fourth-order valence-corrected chi connectivity index (χ4v) is 2.67. The average Bonchev–Trinajstić information content (AvgIpc) is 3.04. The molecular formula is C16H22N4OS. The summed E-state index contributed by atoms with van der Waals surface area (Å²) >= 11 is 1.53. The third-order valence-electron chi connectivity index (χ3n) is 3.42. The average molecular weight is 318 g/mol. The number of hydrogen-bond donors (Lipinski definition) is 2. The Hall–Kier alpha value is -1.92. The predicted molar refractivity (Wildman–Crippen MR) is 92.0 cm³/mol. The molecule has 2 N–H and O–H groups in total. The van der Waals surface area contributed by atoms with Crippen LogP contribution in [0.25, 0.3) is 0 Å². The van der Waals surface area contributed by atoms with Gasteiger partial charge in [-0.05, 0) is 31.3 Å². The normalized spacial score (nSPS) is 10.7. The third kappa shape index (κ3) is 4.82. The Labute approximate surface area is 135 Å². The molecule has 0 fully saturated rings. The number of aromatic nitrogens is 1. The van der Waals surface area contributed by atoms with E-state index in [-0.39, 0.29) is 5.91 Å². The Kier molecular flexibility index (Phi) is 6.36. The van der Waals surface area contributed by atoms with E-state index in [0.29, 0.717) is 12.1 Å². The molecule has 1 aromatic heterocycles. The smallest absolute Gasteiger partial charge is 0.251 e. The molecular weight excluding hydrogens is 296 g/mol. The van der Waals surface area contributed by atoms with Gasteiger partial charge in [0, 0.05) is 35.9 Å². The van der Waals surface area contributed by atoms with Gasteiger partial charge in [0.15, 0.2) is 5.13 Å². The van der Waals surface area contributed by atoms with Crippen LogP contribution in [0.3, 0.4) is 0 Å². The van der Waals surface area contributed by atoms with Crippen molar-refractivity contribution in [2.24, 2.45) is 0 Å². The summed E-state index contributed by atoms with van der Waals surface area (Å²) in [6.07, 6.45) is 1.75. The zero-order valence-corrected chi connectivity index (χ0v) is 13.8. The van der Waals surface area contributed by atoms with Gasteiger partial charge in [-0.2, -0.15) is 0 Å². The van der Waals surface area contributed by atoms with Crippen molar-refractivity contribution < 1.29 is 4.79 Å². The molecule has 6 heteroatoms. The lowest BCUT2D eigenvalue weighted by Crippen LogP contribution is -2.34. The van der Waals surface area contributed by atoms with Crippen molar-refractivity contribution in [2.45, 2.75) is 13.8 Å². The molecule has 0 spiro atoms. The quantitative estimate of drug-likeness (QED) is 0.786. The van der Waals surface area contributed by atoms with Crippen LogP contribution in [-0.2, 0) is 0 Å². The van der Waals surface area contributed by atoms with Crippen LogP contribution in [0.5, 0.6) is 0 Å². The summed E-state index contributed by atoms with van der Waals surface area (Å²) in [5.41, 5.74) is 1.52. The lowest BCUT2D eigenvalue weighted by atomic mass is 10.2. The molecule has 0 aliphatic carbocycles. The number of likely N-dealkylation sites (N-methyl/N-ethyl adjacent to an activating group) is 1. The molecule has 0 radical (unpaired) electrons. The lowest BCUT2D eigenvalue weighted by Gasteiger charge is -2.18. The predicted octanol–water partition coefficient (Wildman–Crippen LogP) is 2.96. The Morgan fingerprint density at radius 3 is 2.82 bits per heavy atom. The fourth-order valence-electron chi connectivity index (χ4n) is 2.12. The van der Waals surface area contributed by atoms with Crippen LogP contribution in [0.4, 0.5) is 10.8 Å². The topological polar surface area (TPSA) is 57.3 Å². The maximum atomic E-state index is 12.2. The summed E-state index contributed by atoms with van der Waals surface area (Å²) in [5, 5.41) is 8.88. The molecule has 118 valence electrons. The zero-order valence-electron chi connectivity index (χ0n) is 13.0. The Bertz CT molecular complexity index is 582. The molecule has 0 aliphatic rings. The van der Waals surface area contributed by atoms with Gasteiger partial charge in [-0.1, -0.05) is 19.9 Å². The van der Waals surface area contributed by atoms with Crippen molar-refractivity contribution in [1.82, 2.24) is 15.2 Å². The number of nitrogens with zero attached hydrogens (tertiary/aromatic N) is 2. The first kappa shape index (κ1) is 16.5. The van der Waals surface area contributed by atoms with Crippen LogP contribution >= 0.6 is 11.3 Å². The van der Waals surface area contributed by atoms with E-state index in [0.717, 1.165) is 30.5 Å². The van der Waals surface area contributed by atoms with E-state index >= 15 is 0 Å². The maximum absolute atomic E-state index is 12.2. The van der Waals surface area contributed by atoms with Gasteiger partial charge in [0.25, 0.3) is 5.91 Å². The van der Waals surface area contributed by atoms with Crippen molar-refractivity contribution in [3.63, 3.8) is 0 Å². The largest absolute Gasteiger partial charge is 0.351 e. The van der Waals surface area contributed by atoms with E-state index < -0.39 is 0 Å². The molecule has 1 heterocycles. The zero-order chi connectivity index (χ0) is 15.8. The first-order valence-electron chi connectivity index (χ1n) is 7.50. The molecule has 0 unspecified atom stereocenters. The minimum Gasteiger partial charge on any atom is -0.351 e. The second-order valence-electron chi connectivity index (χ2n) is 4.83. The van der Waals surface area contributed by atoms with Gasteiger partial charge in [-0.25, -0.2) is 4.98 Å². The van der Waals surface area contributed by atoms with E-state index in [1.54, 1.807) is 6.20 Å². The van der Waals surface area contributed by atoms with Crippen LogP contribution < -0.4 is 10.6 Å². The number of nitrogens with one attached hydrogen (secondary N) is 2. The molecule has 5 nitrogen and oxygen atoms in total. The van der Waals surface area contributed by atoms with Gasteiger partial charge in [-0.15, -0.1) is 11.3 Å². The number of hydrogen-bond acceptors (Lipinski definition) is 5. The molecule has 2 aromatic rings. The highest BCUT2D eigenvalue weighted by Gasteiger charge is 2.07. The van der Waals surface area contributed by atoms with Gasteiger partial charge >= 0.3 is 0 Å². The van der Waals surface area contributed by atoms with Crippen LogP contribution in [0.1, 0.15) is 24.2 Å². The van der Waals surface area contributed by atoms with Gasteiger partial charge in [0.1, 0.15) is 0 Å². The number of thiazole rings is 1. The molecule has 0 aliphatic heterocycles. The van der Waals surface area contributed by atoms with Crippen molar-refractivity contribution >= 4 is 28.1 Å². The first-order valence-corrected chi connectivity index (χ1v) is 8.38. The van der Waals surface area contributed by atoms with Crippen molar-refractivity contribution in [3.05, 3.63) is 41.4 Å². The minimum absolute atomic E-state index is 0.0463. The second kappa shape index (κ2) is 8.51. The number of benzene rings is 1. The number of carbonyl (C=O) groups excluding carboxylic acids is 1. The van der Waals surface area contributed by atoms with Crippen LogP contribution in [0.2, 0.25) is 0 Å². The number of anilines is 2. The minimum atomic E-state index is -0.0463. The maximum Gasteiger partial charge on any atom is 0.251 e. The molecule has 0 atom stereocenters. The highest BCUT2D eigenvalue weighted by molar-refractivity contribution is 7.13. The fraction of sp³-hybridized carbons (Fsp3) is 0.375.